The summed E-state index contributed by atoms with van der Waals surface area (Å²) >= 11 is 1.35. The second-order valence-corrected chi connectivity index (χ2v) is 5.37. The quantitative estimate of drug-likeness (QED) is 0.793. The average Bonchev–Trinajstić information content (AvgIpc) is 2.87. The van der Waals surface area contributed by atoms with Crippen LogP contribution in [0.5, 0.6) is 17.2 Å². The number of benzene rings is 1. The van der Waals surface area contributed by atoms with E-state index in [9.17, 15) is 4.79 Å². The summed E-state index contributed by atoms with van der Waals surface area (Å²) in [7, 11) is 4.68. The van der Waals surface area contributed by atoms with E-state index in [1.807, 2.05) is 13.0 Å². The summed E-state index contributed by atoms with van der Waals surface area (Å²) in [6.45, 7) is 3.36. The maximum atomic E-state index is 11.6. The van der Waals surface area contributed by atoms with E-state index in [0.29, 0.717) is 22.1 Å². The molecule has 0 spiro atoms. The van der Waals surface area contributed by atoms with Gasteiger partial charge >= 0.3 is 0 Å². The van der Waals surface area contributed by atoms with E-state index < -0.39 is 0 Å². The van der Waals surface area contributed by atoms with Crippen molar-refractivity contribution in [2.24, 2.45) is 0 Å². The van der Waals surface area contributed by atoms with E-state index in [4.69, 9.17) is 14.2 Å². The highest BCUT2D eigenvalue weighted by Crippen LogP contribution is 2.45. The number of methoxy groups -OCH3 is 3. The van der Waals surface area contributed by atoms with Gasteiger partial charge < -0.3 is 14.2 Å². The van der Waals surface area contributed by atoms with Crippen LogP contribution < -0.4 is 14.2 Å². The van der Waals surface area contributed by atoms with Crippen LogP contribution in [0.4, 0.5) is 0 Å². The molecule has 0 N–H and O–H groups in total. The molecule has 1 aromatic heterocycles. The molecule has 2 aromatic rings. The van der Waals surface area contributed by atoms with Crippen molar-refractivity contribution < 1.29 is 19.0 Å². The Morgan fingerprint density at radius 2 is 1.76 bits per heavy atom. The third kappa shape index (κ3) is 2.71. The monoisotopic (exact) mass is 307 g/mol. The van der Waals surface area contributed by atoms with Crippen LogP contribution in [0.25, 0.3) is 10.6 Å². The normalized spacial score (nSPS) is 10.3. The lowest BCUT2D eigenvalue weighted by atomic mass is 10.1. The number of ketones is 1. The number of thiazole rings is 1. The maximum Gasteiger partial charge on any atom is 0.204 e. The van der Waals surface area contributed by atoms with Crippen molar-refractivity contribution in [3.63, 3.8) is 0 Å². The zero-order valence-corrected chi connectivity index (χ0v) is 13.5. The Morgan fingerprint density at radius 1 is 1.10 bits per heavy atom. The molecule has 0 unspecified atom stereocenters. The van der Waals surface area contributed by atoms with Crippen LogP contribution in [-0.2, 0) is 0 Å². The summed E-state index contributed by atoms with van der Waals surface area (Å²) in [5.41, 5.74) is 1.50. The summed E-state index contributed by atoms with van der Waals surface area (Å²) in [6.07, 6.45) is 0. The van der Waals surface area contributed by atoms with E-state index in [-0.39, 0.29) is 5.78 Å². The average molecular weight is 307 g/mol. The molecule has 0 aliphatic carbocycles. The first-order valence-corrected chi connectivity index (χ1v) is 7.12. The lowest BCUT2D eigenvalue weighted by Gasteiger charge is -2.14. The number of hydrogen-bond donors (Lipinski definition) is 0. The lowest BCUT2D eigenvalue weighted by molar-refractivity contribution is 0.102. The zero-order valence-electron chi connectivity index (χ0n) is 12.6. The van der Waals surface area contributed by atoms with Gasteiger partial charge in [0.1, 0.15) is 5.01 Å². The first kappa shape index (κ1) is 15.3. The standard InChI is InChI=1S/C15H17NO4S/c1-8-14(9(2)17)21-15(16-8)10-6-7-11(18-3)13(20-5)12(10)19-4/h6-7H,1-5H3. The second-order valence-electron chi connectivity index (χ2n) is 4.37. The number of aryl methyl sites for hydroxylation is 1. The highest BCUT2D eigenvalue weighted by Gasteiger charge is 2.21. The van der Waals surface area contributed by atoms with Crippen LogP contribution in [0.3, 0.4) is 0 Å². The number of Topliss-reactive ketones (excluding diaryl/α,β-unsaturated/α-hetero) is 1. The van der Waals surface area contributed by atoms with Gasteiger partial charge in [-0.1, -0.05) is 0 Å². The van der Waals surface area contributed by atoms with Gasteiger partial charge in [-0.3, -0.25) is 4.79 Å². The topological polar surface area (TPSA) is 57.7 Å². The molecule has 2 rings (SSSR count). The Labute approximate surface area is 127 Å². The molecular formula is C15H17NO4S. The van der Waals surface area contributed by atoms with Crippen molar-refractivity contribution >= 4 is 17.1 Å². The third-order valence-electron chi connectivity index (χ3n) is 3.05. The number of ether oxygens (including phenoxy) is 3. The summed E-state index contributed by atoms with van der Waals surface area (Å²) in [5.74, 6) is 1.64. The molecule has 1 heterocycles. The third-order valence-corrected chi connectivity index (χ3v) is 4.34. The van der Waals surface area contributed by atoms with Crippen molar-refractivity contribution in [1.82, 2.24) is 4.98 Å². The molecule has 0 aliphatic heterocycles. The summed E-state index contributed by atoms with van der Waals surface area (Å²) in [4.78, 5) is 16.7. The molecule has 1 aromatic carbocycles. The molecule has 0 atom stereocenters. The predicted molar refractivity (Wildman–Crippen MR) is 81.9 cm³/mol. The van der Waals surface area contributed by atoms with Gasteiger partial charge in [-0.15, -0.1) is 11.3 Å². The molecule has 6 heteroatoms. The molecule has 21 heavy (non-hydrogen) atoms. The maximum absolute atomic E-state index is 11.6. The zero-order chi connectivity index (χ0) is 15.6. The highest BCUT2D eigenvalue weighted by atomic mass is 32.1. The number of carbonyl (C=O) groups is 1. The molecular weight excluding hydrogens is 290 g/mol. The lowest BCUT2D eigenvalue weighted by Crippen LogP contribution is -1.96. The minimum absolute atomic E-state index is 0.00990. The van der Waals surface area contributed by atoms with E-state index >= 15 is 0 Å². The molecule has 112 valence electrons. The fourth-order valence-corrected chi connectivity index (χ4v) is 3.09. The minimum Gasteiger partial charge on any atom is -0.493 e. The molecule has 5 nitrogen and oxygen atoms in total. The molecule has 0 radical (unpaired) electrons. The van der Waals surface area contributed by atoms with Gasteiger partial charge in [0.25, 0.3) is 0 Å². The van der Waals surface area contributed by atoms with Gasteiger partial charge in [0, 0.05) is 6.92 Å². The van der Waals surface area contributed by atoms with E-state index in [1.54, 1.807) is 27.4 Å². The summed E-state index contributed by atoms with van der Waals surface area (Å²) < 4.78 is 16.1. The van der Waals surface area contributed by atoms with Crippen molar-refractivity contribution in [2.75, 3.05) is 21.3 Å². The Balaban J connectivity index is 2.64. The van der Waals surface area contributed by atoms with E-state index in [0.717, 1.165) is 16.3 Å². The van der Waals surface area contributed by atoms with Crippen molar-refractivity contribution in [3.05, 3.63) is 22.7 Å². The van der Waals surface area contributed by atoms with Gasteiger partial charge in [0.15, 0.2) is 17.3 Å². The Kier molecular flexibility index (Phi) is 4.47. The highest BCUT2D eigenvalue weighted by molar-refractivity contribution is 7.17. The summed E-state index contributed by atoms with van der Waals surface area (Å²) in [5, 5.41) is 0.718. The molecule has 0 saturated heterocycles. The van der Waals surface area contributed by atoms with Gasteiger partial charge in [0.2, 0.25) is 5.75 Å². The molecule has 0 aliphatic rings. The Hall–Kier alpha value is -2.08. The van der Waals surface area contributed by atoms with Gasteiger partial charge in [-0.05, 0) is 19.1 Å². The van der Waals surface area contributed by atoms with Gasteiger partial charge in [-0.25, -0.2) is 4.98 Å². The molecule has 0 amide bonds. The number of carbonyl (C=O) groups excluding carboxylic acids is 1. The van der Waals surface area contributed by atoms with Crippen LogP contribution in [0.2, 0.25) is 0 Å². The number of hydrogen-bond acceptors (Lipinski definition) is 6. The number of rotatable bonds is 5. The molecule has 0 fully saturated rings. The van der Waals surface area contributed by atoms with Crippen LogP contribution in [-0.4, -0.2) is 32.1 Å². The van der Waals surface area contributed by atoms with E-state index in [1.165, 1.54) is 18.3 Å². The van der Waals surface area contributed by atoms with Gasteiger partial charge in [0.05, 0.1) is 37.5 Å². The Bertz CT molecular complexity index is 679. The SMILES string of the molecule is COc1ccc(-c2nc(C)c(C(C)=O)s2)c(OC)c1OC. The van der Waals surface area contributed by atoms with Gasteiger partial charge in [-0.2, -0.15) is 0 Å². The second kappa shape index (κ2) is 6.13. The van der Waals surface area contributed by atoms with Crippen molar-refractivity contribution in [1.29, 1.82) is 0 Å². The summed E-state index contributed by atoms with van der Waals surface area (Å²) in [6, 6.07) is 3.64. The van der Waals surface area contributed by atoms with E-state index in [2.05, 4.69) is 4.98 Å². The van der Waals surface area contributed by atoms with Crippen LogP contribution in [0, 0.1) is 6.92 Å². The van der Waals surface area contributed by atoms with Crippen molar-refractivity contribution in [3.8, 4) is 27.8 Å². The molecule has 0 saturated carbocycles. The fourth-order valence-electron chi connectivity index (χ4n) is 2.11. The largest absolute Gasteiger partial charge is 0.493 e. The van der Waals surface area contributed by atoms with Crippen molar-refractivity contribution in [2.45, 2.75) is 13.8 Å². The number of aromatic nitrogens is 1. The van der Waals surface area contributed by atoms with Crippen LogP contribution in [0.15, 0.2) is 12.1 Å². The fraction of sp³-hybridized carbons (Fsp3) is 0.333. The van der Waals surface area contributed by atoms with Crippen LogP contribution in [0.1, 0.15) is 22.3 Å². The number of nitrogens with zero attached hydrogens (tertiary/aromatic N) is 1. The molecule has 0 bridgehead atoms. The minimum atomic E-state index is 0.00990. The first-order valence-electron chi connectivity index (χ1n) is 6.31. The van der Waals surface area contributed by atoms with Crippen LogP contribution >= 0.6 is 11.3 Å². The predicted octanol–water partition coefficient (Wildman–Crippen LogP) is 3.35. The Morgan fingerprint density at radius 3 is 2.24 bits per heavy atom. The first-order chi connectivity index (χ1) is 10.0. The smallest absolute Gasteiger partial charge is 0.204 e.